The molecule has 0 radical (unpaired) electrons. The number of morpholine rings is 1. The van der Waals surface area contributed by atoms with Crippen molar-refractivity contribution in [1.29, 1.82) is 0 Å². The highest BCUT2D eigenvalue weighted by atomic mass is 32.2. The predicted molar refractivity (Wildman–Crippen MR) is 98.7 cm³/mol. The molecule has 2 saturated heterocycles. The molecule has 138 valence electrons. The molecule has 0 saturated carbocycles. The summed E-state index contributed by atoms with van der Waals surface area (Å²) in [7, 11) is 0. The third-order valence-electron chi connectivity index (χ3n) is 5.29. The average molecular weight is 365 g/mol. The molecule has 3 heterocycles. The lowest BCUT2D eigenvalue weighted by atomic mass is 9.89. The van der Waals surface area contributed by atoms with E-state index in [1.54, 1.807) is 6.20 Å². The Morgan fingerprint density at radius 2 is 2.04 bits per heavy atom. The topological polar surface area (TPSA) is 58.6 Å². The lowest BCUT2D eigenvalue weighted by Crippen LogP contribution is -2.49. The minimum absolute atomic E-state index is 0.201. The average Bonchev–Trinajstić information content (AvgIpc) is 2.66. The molecule has 7 heteroatoms. The zero-order valence-electron chi connectivity index (χ0n) is 15.2. The summed E-state index contributed by atoms with van der Waals surface area (Å²) in [5.41, 5.74) is 0.933. The molecule has 0 spiro atoms. The number of thioether (sulfide) groups is 1. The van der Waals surface area contributed by atoms with Gasteiger partial charge in [0.2, 0.25) is 5.91 Å². The maximum Gasteiger partial charge on any atom is 0.233 e. The first kappa shape index (κ1) is 18.6. The number of piperidine rings is 1. The van der Waals surface area contributed by atoms with Crippen molar-refractivity contribution in [1.82, 2.24) is 19.8 Å². The molecule has 2 aliphatic rings. The smallest absolute Gasteiger partial charge is 0.233 e. The van der Waals surface area contributed by atoms with Crippen LogP contribution in [0, 0.1) is 12.8 Å². The van der Waals surface area contributed by atoms with E-state index in [1.807, 2.05) is 17.9 Å². The van der Waals surface area contributed by atoms with Gasteiger partial charge < -0.3 is 9.64 Å². The zero-order chi connectivity index (χ0) is 17.6. The van der Waals surface area contributed by atoms with E-state index in [0.29, 0.717) is 22.9 Å². The number of carbonyl (C=O) groups excluding carboxylic acids is 1. The van der Waals surface area contributed by atoms with Gasteiger partial charge in [-0.05, 0) is 38.7 Å². The summed E-state index contributed by atoms with van der Waals surface area (Å²) >= 11 is 1.43. The summed E-state index contributed by atoms with van der Waals surface area (Å²) in [5.74, 6) is 1.30. The highest BCUT2D eigenvalue weighted by Gasteiger charge is 2.30. The Morgan fingerprint density at radius 1 is 1.32 bits per heavy atom. The van der Waals surface area contributed by atoms with Gasteiger partial charge in [0.15, 0.2) is 5.16 Å². The Morgan fingerprint density at radius 3 is 2.72 bits per heavy atom. The van der Waals surface area contributed by atoms with Crippen molar-refractivity contribution >= 4 is 17.7 Å². The van der Waals surface area contributed by atoms with Gasteiger partial charge in [-0.25, -0.2) is 9.97 Å². The van der Waals surface area contributed by atoms with E-state index >= 15 is 0 Å². The molecule has 3 rings (SSSR count). The molecule has 1 amide bonds. The van der Waals surface area contributed by atoms with E-state index in [0.717, 1.165) is 57.9 Å². The third-order valence-corrected chi connectivity index (χ3v) is 6.14. The van der Waals surface area contributed by atoms with Crippen molar-refractivity contribution < 1.29 is 9.53 Å². The molecule has 6 nitrogen and oxygen atoms in total. The van der Waals surface area contributed by atoms with E-state index in [-0.39, 0.29) is 5.91 Å². The van der Waals surface area contributed by atoms with Gasteiger partial charge in [0.25, 0.3) is 0 Å². The SMILES string of the molecule is Cc1ccnc(SCC(=O)N2CCC([C@@H](C)N3CCOCC3)CC2)n1. The van der Waals surface area contributed by atoms with Crippen LogP contribution in [-0.2, 0) is 9.53 Å². The number of carbonyl (C=O) groups is 1. The fourth-order valence-corrected chi connectivity index (χ4v) is 4.41. The second-order valence-corrected chi connectivity index (χ2v) is 7.82. The summed E-state index contributed by atoms with van der Waals surface area (Å²) in [6.07, 6.45) is 3.93. The van der Waals surface area contributed by atoms with Crippen molar-refractivity contribution in [3.8, 4) is 0 Å². The van der Waals surface area contributed by atoms with Crippen LogP contribution < -0.4 is 0 Å². The first-order valence-electron chi connectivity index (χ1n) is 9.15. The normalized spacial score (nSPS) is 21.3. The Balaban J connectivity index is 1.42. The van der Waals surface area contributed by atoms with E-state index in [2.05, 4.69) is 21.8 Å². The molecular formula is C18H28N4O2S. The molecule has 25 heavy (non-hydrogen) atoms. The Bertz CT molecular complexity index is 572. The summed E-state index contributed by atoms with van der Waals surface area (Å²) < 4.78 is 5.45. The first-order chi connectivity index (χ1) is 12.1. The first-order valence-corrected chi connectivity index (χ1v) is 10.1. The third kappa shape index (κ3) is 5.15. The van der Waals surface area contributed by atoms with Gasteiger partial charge in [-0.1, -0.05) is 11.8 Å². The van der Waals surface area contributed by atoms with Crippen molar-refractivity contribution in [3.05, 3.63) is 18.0 Å². The second-order valence-electron chi connectivity index (χ2n) is 6.88. The molecule has 1 aromatic heterocycles. The summed E-state index contributed by atoms with van der Waals surface area (Å²) in [5, 5.41) is 0.684. The van der Waals surface area contributed by atoms with Crippen LogP contribution >= 0.6 is 11.8 Å². The van der Waals surface area contributed by atoms with E-state index in [1.165, 1.54) is 11.8 Å². The maximum atomic E-state index is 12.5. The zero-order valence-corrected chi connectivity index (χ0v) is 16.0. The number of amides is 1. The fraction of sp³-hybridized carbons (Fsp3) is 0.722. The van der Waals surface area contributed by atoms with Crippen LogP contribution in [0.15, 0.2) is 17.4 Å². The number of hydrogen-bond acceptors (Lipinski definition) is 6. The summed E-state index contributed by atoms with van der Waals surface area (Å²) in [6, 6.07) is 2.45. The Labute approximate surface area is 154 Å². The van der Waals surface area contributed by atoms with Gasteiger partial charge in [-0.2, -0.15) is 0 Å². The molecule has 0 N–H and O–H groups in total. The van der Waals surface area contributed by atoms with Gasteiger partial charge in [-0.15, -0.1) is 0 Å². The Hall–Kier alpha value is -1.18. The van der Waals surface area contributed by atoms with E-state index in [9.17, 15) is 4.79 Å². The van der Waals surface area contributed by atoms with Crippen molar-refractivity contribution in [2.24, 2.45) is 5.92 Å². The molecule has 0 aliphatic carbocycles. The van der Waals surface area contributed by atoms with Crippen LogP contribution in [0.4, 0.5) is 0 Å². The molecule has 2 fully saturated rings. The van der Waals surface area contributed by atoms with Crippen molar-refractivity contribution in [2.75, 3.05) is 45.1 Å². The largest absolute Gasteiger partial charge is 0.379 e. The minimum atomic E-state index is 0.201. The molecule has 1 atom stereocenters. The van der Waals surface area contributed by atoms with E-state index < -0.39 is 0 Å². The van der Waals surface area contributed by atoms with Gasteiger partial charge >= 0.3 is 0 Å². The van der Waals surface area contributed by atoms with Crippen LogP contribution in [0.3, 0.4) is 0 Å². The standard InChI is InChI=1S/C18H28N4O2S/c1-14-3-6-19-18(20-14)25-13-17(23)22-7-4-16(5-8-22)15(2)21-9-11-24-12-10-21/h3,6,15-16H,4-5,7-13H2,1-2H3/t15-/m1/s1. The van der Waals surface area contributed by atoms with Crippen LogP contribution in [0.1, 0.15) is 25.5 Å². The maximum absolute atomic E-state index is 12.5. The molecule has 0 aromatic carbocycles. The summed E-state index contributed by atoms with van der Waals surface area (Å²) in [4.78, 5) is 25.6. The molecular weight excluding hydrogens is 336 g/mol. The van der Waals surface area contributed by atoms with Crippen LogP contribution in [0.25, 0.3) is 0 Å². The van der Waals surface area contributed by atoms with Gasteiger partial charge in [-0.3, -0.25) is 9.69 Å². The summed E-state index contributed by atoms with van der Waals surface area (Å²) in [6.45, 7) is 9.77. The molecule has 1 aromatic rings. The van der Waals surface area contributed by atoms with Gasteiger partial charge in [0.1, 0.15) is 0 Å². The number of likely N-dealkylation sites (tertiary alicyclic amines) is 1. The molecule has 0 unspecified atom stereocenters. The number of nitrogens with zero attached hydrogens (tertiary/aromatic N) is 4. The lowest BCUT2D eigenvalue weighted by molar-refractivity contribution is -0.130. The highest BCUT2D eigenvalue weighted by Crippen LogP contribution is 2.25. The van der Waals surface area contributed by atoms with Crippen LogP contribution in [0.5, 0.6) is 0 Å². The highest BCUT2D eigenvalue weighted by molar-refractivity contribution is 7.99. The quantitative estimate of drug-likeness (QED) is 0.587. The number of aromatic nitrogens is 2. The number of hydrogen-bond donors (Lipinski definition) is 0. The van der Waals surface area contributed by atoms with Gasteiger partial charge in [0.05, 0.1) is 19.0 Å². The number of rotatable bonds is 5. The second kappa shape index (κ2) is 8.96. The predicted octanol–water partition coefficient (Wildman–Crippen LogP) is 1.84. The van der Waals surface area contributed by atoms with Crippen LogP contribution in [-0.4, -0.2) is 76.9 Å². The molecule has 2 aliphatic heterocycles. The van der Waals surface area contributed by atoms with Crippen LogP contribution in [0.2, 0.25) is 0 Å². The lowest BCUT2D eigenvalue weighted by Gasteiger charge is -2.41. The number of ether oxygens (including phenoxy) is 1. The van der Waals surface area contributed by atoms with Crippen molar-refractivity contribution in [3.63, 3.8) is 0 Å². The fourth-order valence-electron chi connectivity index (χ4n) is 3.63. The van der Waals surface area contributed by atoms with E-state index in [4.69, 9.17) is 4.74 Å². The monoisotopic (exact) mass is 364 g/mol. The Kier molecular flexibility index (Phi) is 6.67. The van der Waals surface area contributed by atoms with Gasteiger partial charge in [0, 0.05) is 44.1 Å². The molecule has 0 bridgehead atoms. The minimum Gasteiger partial charge on any atom is -0.379 e. The van der Waals surface area contributed by atoms with Crippen molar-refractivity contribution in [2.45, 2.75) is 37.9 Å². The number of aryl methyl sites for hydroxylation is 1.